The van der Waals surface area contributed by atoms with E-state index in [2.05, 4.69) is 34.4 Å². The fourth-order valence-corrected chi connectivity index (χ4v) is 8.19. The first-order chi connectivity index (χ1) is 23.2. The number of ether oxygens (including phenoxy) is 1. The van der Waals surface area contributed by atoms with Crippen LogP contribution in [-0.4, -0.2) is 124 Å². The second kappa shape index (κ2) is 17.8. The second-order valence-electron chi connectivity index (χ2n) is 11.1. The van der Waals surface area contributed by atoms with Crippen LogP contribution in [0.2, 0.25) is 0 Å². The Bertz CT molecular complexity index is 1630. The second-order valence-corrected chi connectivity index (χ2v) is 18.0. The summed E-state index contributed by atoms with van der Waals surface area (Å²) in [5.74, 6) is -0.606. The van der Waals surface area contributed by atoms with Crippen LogP contribution in [0, 0.1) is 5.41 Å². The maximum Gasteiger partial charge on any atom is 0.481 e. The Morgan fingerprint density at radius 2 is 1.78 bits per heavy atom. The van der Waals surface area contributed by atoms with Gasteiger partial charge in [-0.05, 0) is 6.26 Å². The molecule has 3 unspecified atom stereocenters. The minimum Gasteiger partial charge on any atom is -0.386 e. The SMILES string of the molecule is CSSCCNC(=O)CCNC(=O)C(O)C(C)(C)COP(=O)(O)OP(=O)(O)OC[C@H]1O[C@@H](n2cnc3c(N)ncnc32)[C@H](O)[C@@H]1OP(=O)(O)O. The van der Waals surface area contributed by atoms with Crippen molar-refractivity contribution in [1.82, 2.24) is 30.2 Å². The summed E-state index contributed by atoms with van der Waals surface area (Å²) in [5.41, 5.74) is 4.31. The number of carbonyl (C=O) groups is 2. The number of fused-ring (bicyclic) bond motifs is 1. The quantitative estimate of drug-likeness (QED) is 0.0458. The lowest BCUT2D eigenvalue weighted by Gasteiger charge is -2.30. The molecule has 0 bridgehead atoms. The molecule has 0 aromatic carbocycles. The topological polar surface area (TPSA) is 347 Å². The highest BCUT2D eigenvalue weighted by atomic mass is 33.1. The molecule has 3 heterocycles. The van der Waals surface area contributed by atoms with Crippen molar-refractivity contribution in [3.8, 4) is 0 Å². The Morgan fingerprint density at radius 3 is 2.44 bits per heavy atom. The fourth-order valence-electron chi connectivity index (χ4n) is 4.26. The van der Waals surface area contributed by atoms with E-state index >= 15 is 0 Å². The summed E-state index contributed by atoms with van der Waals surface area (Å²) in [6, 6.07) is 0. The van der Waals surface area contributed by atoms with Crippen molar-refractivity contribution in [1.29, 1.82) is 0 Å². The number of aliphatic hydroxyl groups excluding tert-OH is 2. The van der Waals surface area contributed by atoms with Crippen molar-refractivity contribution >= 4 is 73.9 Å². The van der Waals surface area contributed by atoms with Gasteiger partial charge >= 0.3 is 23.5 Å². The molecule has 3 rings (SSSR count). The number of phosphoric acid groups is 3. The van der Waals surface area contributed by atoms with Gasteiger partial charge in [0.25, 0.3) is 0 Å². The zero-order chi connectivity index (χ0) is 37.5. The molecule has 284 valence electrons. The highest BCUT2D eigenvalue weighted by Crippen LogP contribution is 2.61. The summed E-state index contributed by atoms with van der Waals surface area (Å²) in [5, 5.41) is 26.3. The van der Waals surface area contributed by atoms with Crippen molar-refractivity contribution in [3.63, 3.8) is 0 Å². The summed E-state index contributed by atoms with van der Waals surface area (Å²) >= 11 is 0. The third-order valence-corrected chi connectivity index (χ3v) is 11.6. The van der Waals surface area contributed by atoms with Gasteiger partial charge in [0.1, 0.15) is 36.3 Å². The molecule has 23 nitrogen and oxygen atoms in total. The lowest BCUT2D eigenvalue weighted by atomic mass is 9.87. The molecule has 50 heavy (non-hydrogen) atoms. The van der Waals surface area contributed by atoms with Crippen LogP contribution in [0.4, 0.5) is 5.82 Å². The number of nitrogens with zero attached hydrogens (tertiary/aromatic N) is 4. The molecule has 1 aliphatic heterocycles. The number of rotatable bonds is 20. The number of hydrogen-bond donors (Lipinski definition) is 9. The molecule has 1 saturated heterocycles. The summed E-state index contributed by atoms with van der Waals surface area (Å²) in [7, 11) is -13.2. The van der Waals surface area contributed by atoms with E-state index < -0.39 is 78.6 Å². The van der Waals surface area contributed by atoms with Gasteiger partial charge in [0.15, 0.2) is 17.7 Å². The number of anilines is 1. The molecule has 2 amide bonds. The largest absolute Gasteiger partial charge is 0.481 e. The molecule has 0 saturated carbocycles. The Hall–Kier alpha value is -1.76. The van der Waals surface area contributed by atoms with Crippen LogP contribution < -0.4 is 16.4 Å². The number of nitrogen functional groups attached to an aromatic ring is 1. The highest BCUT2D eigenvalue weighted by molar-refractivity contribution is 8.76. The van der Waals surface area contributed by atoms with Gasteiger partial charge in [-0.3, -0.25) is 27.7 Å². The first-order valence-electron chi connectivity index (χ1n) is 14.2. The van der Waals surface area contributed by atoms with Crippen molar-refractivity contribution in [2.45, 2.75) is 50.9 Å². The summed E-state index contributed by atoms with van der Waals surface area (Å²) in [6.45, 7) is 0.882. The Labute approximate surface area is 292 Å². The Morgan fingerprint density at radius 1 is 1.10 bits per heavy atom. The third kappa shape index (κ3) is 12.4. The standard InChI is InChI=1S/C22H38N7O16P3S2/c1-22(2,17(32)20(33)25-5-4-13(30)24-6-7-50-49-3)9-42-48(39,40)45-47(37,38)41-8-12-16(44-46(34,35)36)15(31)21(43-12)29-11-28-14-18(23)26-10-27-19(14)29/h10-12,15-17,21,31-32H,4-9H2,1-3H3,(H,24,30)(H,25,33)(H,37,38)(H,39,40)(H2,23,26,27)(H2,34,35,36)/t12-,15-,16-,17?,21-/m1/s1. The molecule has 28 heteroatoms. The molecule has 0 radical (unpaired) electrons. The number of hydrogen-bond acceptors (Lipinski definition) is 18. The molecule has 1 fully saturated rings. The number of carbonyl (C=O) groups excluding carboxylic acids is 2. The molecular formula is C22H38N7O16P3S2. The van der Waals surface area contributed by atoms with Gasteiger partial charge in [-0.15, -0.1) is 0 Å². The molecule has 0 spiro atoms. The van der Waals surface area contributed by atoms with Gasteiger partial charge < -0.3 is 50.9 Å². The van der Waals surface area contributed by atoms with Gasteiger partial charge in [-0.2, -0.15) is 4.31 Å². The number of phosphoric ester groups is 3. The van der Waals surface area contributed by atoms with Crippen molar-refractivity contribution in [3.05, 3.63) is 12.7 Å². The molecule has 0 aliphatic carbocycles. The fraction of sp³-hybridized carbons (Fsp3) is 0.682. The van der Waals surface area contributed by atoms with E-state index in [9.17, 15) is 53.1 Å². The van der Waals surface area contributed by atoms with E-state index in [1.807, 2.05) is 6.26 Å². The highest BCUT2D eigenvalue weighted by Gasteiger charge is 2.50. The average molecular weight is 814 g/mol. The van der Waals surface area contributed by atoms with Crippen LogP contribution in [0.1, 0.15) is 26.5 Å². The smallest absolute Gasteiger partial charge is 0.386 e. The Kier molecular flexibility index (Phi) is 15.2. The summed E-state index contributed by atoms with van der Waals surface area (Å²) in [6.07, 6.45) is -4.80. The zero-order valence-corrected chi connectivity index (χ0v) is 30.9. The first kappa shape index (κ1) is 42.7. The lowest BCUT2D eigenvalue weighted by molar-refractivity contribution is -0.137. The van der Waals surface area contributed by atoms with E-state index in [1.54, 1.807) is 21.6 Å². The van der Waals surface area contributed by atoms with Crippen LogP contribution in [0.3, 0.4) is 0 Å². The maximum atomic E-state index is 12.6. The van der Waals surface area contributed by atoms with Gasteiger partial charge in [0, 0.05) is 30.7 Å². The number of aliphatic hydroxyl groups is 2. The predicted molar refractivity (Wildman–Crippen MR) is 176 cm³/mol. The monoisotopic (exact) mass is 813 g/mol. The molecule has 10 N–H and O–H groups in total. The van der Waals surface area contributed by atoms with Crippen LogP contribution in [-0.2, 0) is 45.9 Å². The average Bonchev–Trinajstić information content (AvgIpc) is 3.57. The third-order valence-electron chi connectivity index (χ3n) is 6.70. The van der Waals surface area contributed by atoms with Crippen LogP contribution in [0.25, 0.3) is 11.2 Å². The van der Waals surface area contributed by atoms with Crippen LogP contribution in [0.5, 0.6) is 0 Å². The maximum absolute atomic E-state index is 12.6. The number of nitrogens with two attached hydrogens (primary N) is 1. The van der Waals surface area contributed by atoms with E-state index in [4.69, 9.17) is 19.5 Å². The number of nitrogens with one attached hydrogen (secondary N) is 2. The molecule has 2 aromatic rings. The lowest BCUT2D eigenvalue weighted by Crippen LogP contribution is -2.46. The van der Waals surface area contributed by atoms with E-state index in [0.29, 0.717) is 12.3 Å². The summed E-state index contributed by atoms with van der Waals surface area (Å²) < 4.78 is 61.9. The van der Waals surface area contributed by atoms with E-state index in [1.165, 1.54) is 13.8 Å². The zero-order valence-electron chi connectivity index (χ0n) is 26.6. The van der Waals surface area contributed by atoms with Crippen molar-refractivity contribution in [2.75, 3.05) is 44.0 Å². The number of amides is 2. The molecule has 1 aliphatic rings. The van der Waals surface area contributed by atoms with Crippen LogP contribution in [0.15, 0.2) is 12.7 Å². The van der Waals surface area contributed by atoms with E-state index in [-0.39, 0.29) is 35.9 Å². The van der Waals surface area contributed by atoms with Gasteiger partial charge in [-0.25, -0.2) is 28.6 Å². The molecular weight excluding hydrogens is 775 g/mol. The van der Waals surface area contributed by atoms with Gasteiger partial charge in [-0.1, -0.05) is 35.4 Å². The normalized spacial score (nSPS) is 22.9. The van der Waals surface area contributed by atoms with Gasteiger partial charge in [0.2, 0.25) is 11.8 Å². The van der Waals surface area contributed by atoms with Crippen molar-refractivity contribution in [2.24, 2.45) is 5.41 Å². The van der Waals surface area contributed by atoms with E-state index in [0.717, 1.165) is 17.2 Å². The van der Waals surface area contributed by atoms with Crippen LogP contribution >= 0.6 is 45.1 Å². The predicted octanol–water partition coefficient (Wildman–Crippen LogP) is -0.584. The van der Waals surface area contributed by atoms with Gasteiger partial charge in [0.05, 0.1) is 19.5 Å². The number of aromatic nitrogens is 4. The Balaban J connectivity index is 1.57. The van der Waals surface area contributed by atoms with Crippen molar-refractivity contribution < 1.29 is 75.7 Å². The molecule has 2 aromatic heterocycles. The first-order valence-corrected chi connectivity index (χ1v) is 21.5. The minimum atomic E-state index is -5.54. The molecule has 7 atom stereocenters. The minimum absolute atomic E-state index is 0.0347. The summed E-state index contributed by atoms with van der Waals surface area (Å²) in [4.78, 5) is 75.0. The number of imidazole rings is 1.